The van der Waals surface area contributed by atoms with Crippen LogP contribution in [0.3, 0.4) is 0 Å². The Labute approximate surface area is 385 Å². The summed E-state index contributed by atoms with van der Waals surface area (Å²) in [5, 5.41) is 60.5. The fraction of sp³-hybridized carbons (Fsp3) is 0.114. The molecule has 1 aromatic heterocycles. The summed E-state index contributed by atoms with van der Waals surface area (Å²) in [6.07, 6.45) is 0. The fourth-order valence-corrected chi connectivity index (χ4v) is 8.48. The number of fused-ring (bicyclic) bond motifs is 1. The highest BCUT2D eigenvalue weighted by Gasteiger charge is 2.19. The van der Waals surface area contributed by atoms with E-state index in [9.17, 15) is 21.4 Å². The maximum absolute atomic E-state index is 12.7. The zero-order valence-electron chi connectivity index (χ0n) is 32.8. The zero-order chi connectivity index (χ0) is 46.6. The zero-order valence-corrected chi connectivity index (χ0v) is 37.7. The van der Waals surface area contributed by atoms with Crippen LogP contribution in [0.25, 0.3) is 10.8 Å². The van der Waals surface area contributed by atoms with E-state index in [-0.39, 0.29) is 57.3 Å². The van der Waals surface area contributed by atoms with E-state index < -0.39 is 24.9 Å². The van der Waals surface area contributed by atoms with Crippen LogP contribution in [0.5, 0.6) is 0 Å². The van der Waals surface area contributed by atoms with Crippen LogP contribution in [-0.2, 0) is 52.3 Å². The molecule has 0 unspecified atom stereocenters. The van der Waals surface area contributed by atoms with Crippen LogP contribution >= 0.6 is 48.0 Å². The lowest BCUT2D eigenvalue weighted by Crippen LogP contribution is -2.11. The Balaban J connectivity index is 1.23. The summed E-state index contributed by atoms with van der Waals surface area (Å²) in [6.45, 7) is 3.23. The number of aromatic nitrogens is 3. The quantitative estimate of drug-likeness (QED) is 0.00919. The van der Waals surface area contributed by atoms with Crippen molar-refractivity contribution < 1.29 is 69.5 Å². The molecule has 0 radical (unpaired) electrons. The molecule has 0 aliphatic heterocycles. The van der Waals surface area contributed by atoms with E-state index in [1.165, 1.54) is 36.4 Å². The molecule has 0 amide bonds. The Bertz CT molecular complexity index is 2940. The molecular weight excluding hydrogens is 982 g/mol. The van der Waals surface area contributed by atoms with Crippen molar-refractivity contribution >= 4 is 125 Å². The van der Waals surface area contributed by atoms with Crippen molar-refractivity contribution in [2.45, 2.75) is 33.4 Å². The van der Waals surface area contributed by atoms with E-state index in [4.69, 9.17) is 31.6 Å². The number of sulfone groups is 1. The topological polar surface area (TPSA) is 326 Å². The second-order valence-electron chi connectivity index (χ2n) is 12.6. The monoisotopic (exact) mass is 1010 g/mol. The predicted octanol–water partition coefficient (Wildman–Crippen LogP) is 10.5. The van der Waals surface area contributed by atoms with Crippen molar-refractivity contribution in [3.05, 3.63) is 101 Å². The molecule has 0 aliphatic rings. The molecule has 0 atom stereocenters. The Morgan fingerprint density at radius 3 is 1.86 bits per heavy atom. The van der Waals surface area contributed by atoms with Gasteiger partial charge in [0, 0.05) is 31.9 Å². The van der Waals surface area contributed by atoms with Crippen molar-refractivity contribution in [2.75, 3.05) is 23.0 Å². The van der Waals surface area contributed by atoms with E-state index in [1.54, 1.807) is 56.3 Å². The molecule has 0 saturated heterocycles. The molecule has 0 saturated carbocycles. The lowest BCUT2D eigenvalue weighted by molar-refractivity contribution is -0.434. The lowest BCUT2D eigenvalue weighted by Gasteiger charge is -2.13. The number of hydrogen-bond acceptors (Lipinski definition) is 26. The summed E-state index contributed by atoms with van der Waals surface area (Å²) in [7, 11) is -8.41. The average molecular weight is 1010 g/mol. The Hall–Kier alpha value is -5.03. The van der Waals surface area contributed by atoms with Crippen LogP contribution in [0.2, 0.25) is 5.28 Å². The molecule has 1 heterocycles. The van der Waals surface area contributed by atoms with Gasteiger partial charge in [-0.3, -0.25) is 8.74 Å². The number of aryl methyl sites for hydroxylation is 2. The Kier molecular flexibility index (Phi) is 17.4. The third-order valence-corrected chi connectivity index (χ3v) is 12.7. The van der Waals surface area contributed by atoms with Gasteiger partial charge in [0.05, 0.1) is 58.4 Å². The summed E-state index contributed by atoms with van der Waals surface area (Å²) >= 11 is 7.84. The van der Waals surface area contributed by atoms with Crippen molar-refractivity contribution in [3.8, 4) is 0 Å². The number of rotatable bonds is 22. The van der Waals surface area contributed by atoms with Gasteiger partial charge in [0.25, 0.3) is 10.1 Å². The van der Waals surface area contributed by atoms with Crippen molar-refractivity contribution in [1.29, 1.82) is 0 Å². The van der Waals surface area contributed by atoms with Gasteiger partial charge in [0.2, 0.25) is 17.2 Å². The minimum Gasteiger partial charge on any atom is -0.324 e. The summed E-state index contributed by atoms with van der Waals surface area (Å²) in [5.41, 5.74) is 3.14. The number of hydrogen-bond donors (Lipinski definition) is 6. The standard InChI is InChI=1S/C35H30ClN9O15S5/c1-19-16-30(44-45-31-18-23(62-59-56-47)6-12-32(31)65(51,52)53)20(2)15-29(19)43-42-28-11-10-27(25-9-5-22(17-26(25)28)61-58-55-46)38-35-40-33(36)39-34(41-35)37-21-3-7-24(8-4-21)64(49,50)14-13-54-63-60-57-48/h3-12,15-18,46-48H,13-14H2,1-2H3,(H,51,52,53)(H2,37,38,39,40,41). The molecule has 65 heavy (non-hydrogen) atoms. The molecule has 24 nitrogen and oxygen atoms in total. The van der Waals surface area contributed by atoms with Gasteiger partial charge in [0.1, 0.15) is 10.6 Å². The van der Waals surface area contributed by atoms with Crippen LogP contribution < -0.4 is 10.6 Å². The molecule has 0 bridgehead atoms. The van der Waals surface area contributed by atoms with Gasteiger partial charge in [-0.05, 0) is 115 Å². The third kappa shape index (κ3) is 13.8. The van der Waals surface area contributed by atoms with Gasteiger partial charge < -0.3 is 10.6 Å². The third-order valence-electron chi connectivity index (χ3n) is 8.41. The van der Waals surface area contributed by atoms with Crippen molar-refractivity contribution in [1.82, 2.24) is 15.0 Å². The Morgan fingerprint density at radius 2 is 1.23 bits per heavy atom. The molecule has 0 fully saturated rings. The summed E-state index contributed by atoms with van der Waals surface area (Å²) < 4.78 is 77.0. The first-order valence-electron chi connectivity index (χ1n) is 17.6. The number of benzene rings is 5. The minimum absolute atomic E-state index is 0.0173. The molecule has 0 spiro atoms. The number of nitrogens with zero attached hydrogens (tertiary/aromatic N) is 7. The fourth-order valence-electron chi connectivity index (χ4n) is 5.52. The molecule has 6 aromatic rings. The van der Waals surface area contributed by atoms with E-state index in [2.05, 4.69) is 74.2 Å². The van der Waals surface area contributed by atoms with Crippen LogP contribution in [-0.4, -0.2) is 64.5 Å². The summed E-state index contributed by atoms with van der Waals surface area (Å²) in [6, 6.07) is 21.3. The van der Waals surface area contributed by atoms with Gasteiger partial charge in [-0.1, -0.05) is 21.2 Å². The van der Waals surface area contributed by atoms with E-state index >= 15 is 0 Å². The van der Waals surface area contributed by atoms with Crippen molar-refractivity contribution in [3.63, 3.8) is 0 Å². The molecule has 30 heteroatoms. The molecule has 342 valence electrons. The lowest BCUT2D eigenvalue weighted by atomic mass is 10.1. The van der Waals surface area contributed by atoms with Gasteiger partial charge in [-0.15, -0.1) is 23.2 Å². The molecule has 0 aliphatic carbocycles. The number of anilines is 4. The number of nitrogens with one attached hydrogen (secondary N) is 2. The molecule has 5 aromatic carbocycles. The van der Waals surface area contributed by atoms with Crippen LogP contribution in [0.4, 0.5) is 46.0 Å². The largest absolute Gasteiger partial charge is 0.324 e. The first-order chi connectivity index (χ1) is 31.2. The maximum atomic E-state index is 12.7. The number of azo groups is 2. The van der Waals surface area contributed by atoms with E-state index in [0.717, 1.165) is 18.1 Å². The second-order valence-corrected chi connectivity index (χ2v) is 18.5. The summed E-state index contributed by atoms with van der Waals surface area (Å²) in [4.78, 5) is 13.0. The smallest absolute Gasteiger partial charge is 0.296 e. The predicted molar refractivity (Wildman–Crippen MR) is 234 cm³/mol. The molecule has 6 rings (SSSR count). The minimum atomic E-state index is -4.68. The Morgan fingerprint density at radius 1 is 0.646 bits per heavy atom. The molecule has 6 N–H and O–H groups in total. The summed E-state index contributed by atoms with van der Waals surface area (Å²) in [5.74, 6) is -0.303. The maximum Gasteiger partial charge on any atom is 0.296 e. The highest BCUT2D eigenvalue weighted by atomic mass is 35.5. The van der Waals surface area contributed by atoms with E-state index in [0.29, 0.717) is 67.3 Å². The van der Waals surface area contributed by atoms with Gasteiger partial charge >= 0.3 is 0 Å². The van der Waals surface area contributed by atoms with Crippen LogP contribution in [0.1, 0.15) is 11.1 Å². The normalized spacial score (nSPS) is 12.2. The van der Waals surface area contributed by atoms with Gasteiger partial charge in [-0.2, -0.15) is 33.6 Å². The second kappa shape index (κ2) is 22.9. The van der Waals surface area contributed by atoms with Crippen LogP contribution in [0, 0.1) is 13.8 Å². The first kappa shape index (κ1) is 49.4. The van der Waals surface area contributed by atoms with Crippen molar-refractivity contribution in [2.24, 2.45) is 20.5 Å². The van der Waals surface area contributed by atoms with Crippen LogP contribution in [0.15, 0.2) is 125 Å². The van der Waals surface area contributed by atoms with Gasteiger partial charge in [0.15, 0.2) is 22.2 Å². The average Bonchev–Trinajstić information content (AvgIpc) is 3.27. The SMILES string of the molecule is Cc1cc(N=Nc2ccc(Nc3nc(Cl)nc(Nc4ccc(S(=O)(=O)CCOSOOO)cc4)n3)c3ccc(SOOO)cc23)c(C)cc1N=Nc1cc(SOOO)ccc1S(=O)(=O)O. The molecular formula is C35H30ClN9O15S5. The van der Waals surface area contributed by atoms with E-state index in [1.807, 2.05) is 0 Å². The van der Waals surface area contributed by atoms with Gasteiger partial charge in [-0.25, -0.2) is 24.2 Å². The first-order valence-corrected chi connectivity index (χ1v) is 23.3. The number of halogens is 1. The highest BCUT2D eigenvalue weighted by Crippen LogP contribution is 2.39. The highest BCUT2D eigenvalue weighted by molar-refractivity contribution is 7.94.